The summed E-state index contributed by atoms with van der Waals surface area (Å²) in [5, 5.41) is 6.21. The molecule has 0 saturated carbocycles. The molecule has 144 valence electrons. The van der Waals surface area contributed by atoms with E-state index in [9.17, 15) is 4.79 Å². The van der Waals surface area contributed by atoms with Crippen molar-refractivity contribution in [3.8, 4) is 0 Å². The Morgan fingerprint density at radius 2 is 1.46 bits per heavy atom. The first-order valence-electron chi connectivity index (χ1n) is 9.10. The Balaban J connectivity index is 1.71. The lowest BCUT2D eigenvalue weighted by Gasteiger charge is -2.14. The molecule has 3 aromatic rings. The number of rotatable bonds is 5. The van der Waals surface area contributed by atoms with Crippen LogP contribution in [0.15, 0.2) is 48.5 Å². The number of amides is 1. The fraction of sp³-hybridized carbons (Fsp3) is 0.227. The molecule has 0 unspecified atom stereocenters. The van der Waals surface area contributed by atoms with Gasteiger partial charge in [0.25, 0.3) is 5.91 Å². The van der Waals surface area contributed by atoms with Crippen molar-refractivity contribution in [1.82, 2.24) is 9.97 Å². The molecule has 1 heterocycles. The highest BCUT2D eigenvalue weighted by atomic mass is 16.1. The number of hydrogen-bond acceptors (Lipinski definition) is 5. The molecule has 6 nitrogen and oxygen atoms in total. The summed E-state index contributed by atoms with van der Waals surface area (Å²) in [6, 6.07) is 15.3. The van der Waals surface area contributed by atoms with Crippen LogP contribution in [0, 0.1) is 20.8 Å². The van der Waals surface area contributed by atoms with Crippen LogP contribution in [0.3, 0.4) is 0 Å². The molecule has 0 radical (unpaired) electrons. The number of nitrogens with zero attached hydrogens (tertiary/aromatic N) is 3. The minimum atomic E-state index is -0.116. The fourth-order valence-corrected chi connectivity index (χ4v) is 2.94. The van der Waals surface area contributed by atoms with E-state index in [1.807, 2.05) is 88.3 Å². The molecule has 2 aromatic carbocycles. The summed E-state index contributed by atoms with van der Waals surface area (Å²) >= 11 is 0. The van der Waals surface area contributed by atoms with E-state index in [4.69, 9.17) is 0 Å². The van der Waals surface area contributed by atoms with Gasteiger partial charge in [0.05, 0.1) is 0 Å². The first kappa shape index (κ1) is 19.4. The number of benzene rings is 2. The summed E-state index contributed by atoms with van der Waals surface area (Å²) < 4.78 is 0. The largest absolute Gasteiger partial charge is 0.363 e. The van der Waals surface area contributed by atoms with Crippen LogP contribution < -0.4 is 15.5 Å². The van der Waals surface area contributed by atoms with Crippen LogP contribution in [0.5, 0.6) is 0 Å². The fourth-order valence-electron chi connectivity index (χ4n) is 2.94. The van der Waals surface area contributed by atoms with Crippen LogP contribution in [-0.2, 0) is 0 Å². The Bertz CT molecular complexity index is 976. The Hall–Kier alpha value is -3.41. The van der Waals surface area contributed by atoms with Gasteiger partial charge in [-0.2, -0.15) is 0 Å². The number of hydrogen-bond donors (Lipinski definition) is 2. The Morgan fingerprint density at radius 1 is 0.857 bits per heavy atom. The molecule has 0 bridgehead atoms. The normalized spacial score (nSPS) is 10.5. The molecule has 0 aliphatic carbocycles. The number of aromatic nitrogens is 2. The molecule has 1 aromatic heterocycles. The highest BCUT2D eigenvalue weighted by Gasteiger charge is 2.08. The number of carbonyl (C=O) groups excluding carboxylic acids is 1. The Morgan fingerprint density at radius 3 is 2.07 bits per heavy atom. The molecule has 3 rings (SSSR count). The van der Waals surface area contributed by atoms with Gasteiger partial charge in [0.1, 0.15) is 17.5 Å². The van der Waals surface area contributed by atoms with E-state index in [2.05, 4.69) is 20.6 Å². The van der Waals surface area contributed by atoms with Gasteiger partial charge in [-0.15, -0.1) is 0 Å². The summed E-state index contributed by atoms with van der Waals surface area (Å²) in [4.78, 5) is 23.2. The van der Waals surface area contributed by atoms with Crippen LogP contribution in [0.25, 0.3) is 0 Å². The van der Waals surface area contributed by atoms with E-state index >= 15 is 0 Å². The lowest BCUT2D eigenvalue weighted by Crippen LogP contribution is -2.13. The molecular formula is C22H25N5O. The highest BCUT2D eigenvalue weighted by molar-refractivity contribution is 6.04. The van der Waals surface area contributed by atoms with Gasteiger partial charge < -0.3 is 15.5 Å². The van der Waals surface area contributed by atoms with Crippen molar-refractivity contribution in [3.05, 3.63) is 71.0 Å². The zero-order chi connectivity index (χ0) is 20.3. The van der Waals surface area contributed by atoms with Gasteiger partial charge in [-0.25, -0.2) is 9.97 Å². The van der Waals surface area contributed by atoms with Gasteiger partial charge in [-0.3, -0.25) is 4.79 Å². The summed E-state index contributed by atoms with van der Waals surface area (Å²) in [5.74, 6) is 2.15. The zero-order valence-corrected chi connectivity index (χ0v) is 16.9. The second-order valence-corrected chi connectivity index (χ2v) is 7.09. The van der Waals surface area contributed by atoms with E-state index < -0.39 is 0 Å². The first-order valence-corrected chi connectivity index (χ1v) is 9.10. The van der Waals surface area contributed by atoms with Crippen LogP contribution in [0.2, 0.25) is 0 Å². The van der Waals surface area contributed by atoms with Gasteiger partial charge in [-0.05, 0) is 57.2 Å². The van der Waals surface area contributed by atoms with E-state index in [0.29, 0.717) is 11.4 Å². The van der Waals surface area contributed by atoms with Crippen molar-refractivity contribution >= 4 is 28.9 Å². The van der Waals surface area contributed by atoms with Crippen molar-refractivity contribution < 1.29 is 4.79 Å². The van der Waals surface area contributed by atoms with E-state index in [0.717, 1.165) is 34.1 Å². The van der Waals surface area contributed by atoms with Crippen molar-refractivity contribution in [2.45, 2.75) is 20.8 Å². The van der Waals surface area contributed by atoms with Crippen molar-refractivity contribution in [1.29, 1.82) is 0 Å². The third-order valence-corrected chi connectivity index (χ3v) is 4.18. The van der Waals surface area contributed by atoms with Gasteiger partial charge >= 0.3 is 0 Å². The minimum Gasteiger partial charge on any atom is -0.363 e. The lowest BCUT2D eigenvalue weighted by atomic mass is 10.1. The zero-order valence-electron chi connectivity index (χ0n) is 16.9. The molecule has 0 saturated heterocycles. The summed E-state index contributed by atoms with van der Waals surface area (Å²) in [6.45, 7) is 5.84. The maximum Gasteiger partial charge on any atom is 0.255 e. The van der Waals surface area contributed by atoms with Gasteiger partial charge in [0.2, 0.25) is 0 Å². The predicted molar refractivity (Wildman–Crippen MR) is 115 cm³/mol. The predicted octanol–water partition coefficient (Wildman–Crippen LogP) is 4.46. The third kappa shape index (κ3) is 4.85. The number of aryl methyl sites for hydroxylation is 3. The Labute approximate surface area is 165 Å². The quantitative estimate of drug-likeness (QED) is 0.689. The molecule has 1 amide bonds. The van der Waals surface area contributed by atoms with Crippen LogP contribution in [-0.4, -0.2) is 30.0 Å². The summed E-state index contributed by atoms with van der Waals surface area (Å²) in [5.41, 5.74) is 4.42. The van der Waals surface area contributed by atoms with Crippen LogP contribution in [0.4, 0.5) is 23.0 Å². The number of anilines is 4. The van der Waals surface area contributed by atoms with Gasteiger partial charge in [0.15, 0.2) is 0 Å². The van der Waals surface area contributed by atoms with Crippen LogP contribution in [0.1, 0.15) is 27.3 Å². The molecule has 0 aliphatic rings. The minimum absolute atomic E-state index is 0.116. The third-order valence-electron chi connectivity index (χ3n) is 4.18. The smallest absolute Gasteiger partial charge is 0.255 e. The maximum atomic E-state index is 12.5. The average Bonchev–Trinajstić information content (AvgIpc) is 2.62. The topological polar surface area (TPSA) is 70.2 Å². The van der Waals surface area contributed by atoms with Crippen molar-refractivity contribution in [3.63, 3.8) is 0 Å². The average molecular weight is 375 g/mol. The molecule has 0 spiro atoms. The van der Waals surface area contributed by atoms with E-state index in [1.165, 1.54) is 0 Å². The lowest BCUT2D eigenvalue weighted by molar-refractivity contribution is 0.102. The maximum absolute atomic E-state index is 12.5. The number of carbonyl (C=O) groups is 1. The molecule has 0 aliphatic heterocycles. The van der Waals surface area contributed by atoms with Gasteiger partial charge in [-0.1, -0.05) is 17.2 Å². The molecule has 6 heteroatoms. The Kier molecular flexibility index (Phi) is 5.59. The summed E-state index contributed by atoms with van der Waals surface area (Å²) in [6.07, 6.45) is 0. The molecule has 28 heavy (non-hydrogen) atoms. The van der Waals surface area contributed by atoms with Crippen LogP contribution >= 0.6 is 0 Å². The van der Waals surface area contributed by atoms with Crippen molar-refractivity contribution in [2.75, 3.05) is 29.6 Å². The van der Waals surface area contributed by atoms with E-state index in [1.54, 1.807) is 0 Å². The molecular weight excluding hydrogens is 350 g/mol. The second-order valence-electron chi connectivity index (χ2n) is 7.09. The second kappa shape index (κ2) is 8.08. The highest BCUT2D eigenvalue weighted by Crippen LogP contribution is 2.21. The standard InChI is InChI=1S/C22H25N5O/c1-14-10-15(2)12-17(11-14)22(28)26-19-8-6-18(7-9-19)25-20-13-21(27(4)5)24-16(3)23-20/h6-13H,1-5H3,(H,26,28)(H,23,24,25). The van der Waals surface area contributed by atoms with Crippen molar-refractivity contribution in [2.24, 2.45) is 0 Å². The molecule has 2 N–H and O–H groups in total. The summed E-state index contributed by atoms with van der Waals surface area (Å²) in [7, 11) is 3.89. The molecule has 0 atom stereocenters. The first-order chi connectivity index (χ1) is 13.3. The van der Waals surface area contributed by atoms with Gasteiger partial charge in [0, 0.05) is 37.1 Å². The SMILES string of the molecule is Cc1cc(C)cc(C(=O)Nc2ccc(Nc3cc(N(C)C)nc(C)n3)cc2)c1. The number of nitrogens with one attached hydrogen (secondary N) is 2. The monoisotopic (exact) mass is 375 g/mol. The molecule has 0 fully saturated rings. The van der Waals surface area contributed by atoms with E-state index in [-0.39, 0.29) is 5.91 Å².